The summed E-state index contributed by atoms with van der Waals surface area (Å²) in [6.45, 7) is 14.0. The van der Waals surface area contributed by atoms with Gasteiger partial charge in [-0.05, 0) is 58.8 Å². The number of amides is 3. The highest BCUT2D eigenvalue weighted by molar-refractivity contribution is 5.99. The molecule has 3 aliphatic heterocycles. The van der Waals surface area contributed by atoms with Crippen molar-refractivity contribution in [3.8, 4) is 0 Å². The van der Waals surface area contributed by atoms with Crippen LogP contribution in [0.1, 0.15) is 80.6 Å². The smallest absolute Gasteiger partial charge is 0.246 e. The SMILES string of the molecule is CCCNC(=O)[C@@H]1[C@H]2C(=O)N([C@@H](CO)CC(C)C)C(C(=O)NC(C)(C)C)C23CC[C@@]1(CC)O3. The second-order valence-electron chi connectivity index (χ2n) is 11.6. The zero-order valence-electron chi connectivity index (χ0n) is 21.4. The first-order valence-corrected chi connectivity index (χ1v) is 12.6. The van der Waals surface area contributed by atoms with Crippen molar-refractivity contribution in [3.05, 3.63) is 0 Å². The Morgan fingerprint density at radius 1 is 1.21 bits per heavy atom. The van der Waals surface area contributed by atoms with Crippen LogP contribution in [-0.2, 0) is 19.1 Å². The van der Waals surface area contributed by atoms with E-state index in [9.17, 15) is 19.5 Å². The topological polar surface area (TPSA) is 108 Å². The van der Waals surface area contributed by atoms with Gasteiger partial charge >= 0.3 is 0 Å². The first kappa shape index (κ1) is 25.9. The molecular weight excluding hydrogens is 422 g/mol. The van der Waals surface area contributed by atoms with Gasteiger partial charge in [-0.1, -0.05) is 27.7 Å². The summed E-state index contributed by atoms with van der Waals surface area (Å²) >= 11 is 0. The molecule has 33 heavy (non-hydrogen) atoms. The molecule has 3 N–H and O–H groups in total. The predicted molar refractivity (Wildman–Crippen MR) is 125 cm³/mol. The van der Waals surface area contributed by atoms with Crippen molar-refractivity contribution >= 4 is 17.7 Å². The largest absolute Gasteiger partial charge is 0.394 e. The number of aliphatic hydroxyl groups is 1. The molecule has 0 aliphatic carbocycles. The zero-order chi connectivity index (χ0) is 24.8. The van der Waals surface area contributed by atoms with E-state index in [2.05, 4.69) is 10.6 Å². The fourth-order valence-electron chi connectivity index (χ4n) is 6.36. The van der Waals surface area contributed by atoms with Crippen LogP contribution in [0.4, 0.5) is 0 Å². The van der Waals surface area contributed by atoms with Gasteiger partial charge in [-0.2, -0.15) is 0 Å². The van der Waals surface area contributed by atoms with E-state index in [-0.39, 0.29) is 30.2 Å². The minimum atomic E-state index is -1.05. The summed E-state index contributed by atoms with van der Waals surface area (Å²) in [5.74, 6) is -1.82. The fraction of sp³-hybridized carbons (Fsp3) is 0.880. The molecule has 3 heterocycles. The molecule has 8 nitrogen and oxygen atoms in total. The maximum atomic E-state index is 14.1. The Labute approximate surface area is 198 Å². The van der Waals surface area contributed by atoms with Crippen LogP contribution in [0.3, 0.4) is 0 Å². The first-order chi connectivity index (χ1) is 15.4. The quantitative estimate of drug-likeness (QED) is 0.483. The van der Waals surface area contributed by atoms with Gasteiger partial charge in [0.2, 0.25) is 17.7 Å². The van der Waals surface area contributed by atoms with Gasteiger partial charge in [0.25, 0.3) is 0 Å². The van der Waals surface area contributed by atoms with Gasteiger partial charge in [0.05, 0.1) is 30.1 Å². The molecule has 0 aromatic rings. The number of likely N-dealkylation sites (tertiary alicyclic amines) is 1. The van der Waals surface area contributed by atoms with Gasteiger partial charge in [-0.25, -0.2) is 0 Å². The number of carbonyl (C=O) groups is 3. The van der Waals surface area contributed by atoms with Crippen LogP contribution in [0, 0.1) is 17.8 Å². The summed E-state index contributed by atoms with van der Waals surface area (Å²) in [7, 11) is 0. The molecule has 0 aromatic heterocycles. The summed E-state index contributed by atoms with van der Waals surface area (Å²) in [5.41, 5.74) is -2.29. The molecule has 2 bridgehead atoms. The van der Waals surface area contributed by atoms with E-state index in [1.807, 2.05) is 48.5 Å². The number of hydrogen-bond donors (Lipinski definition) is 3. The highest BCUT2D eigenvalue weighted by Crippen LogP contribution is 2.64. The van der Waals surface area contributed by atoms with E-state index in [1.54, 1.807) is 4.90 Å². The normalized spacial score (nSPS) is 34.0. The van der Waals surface area contributed by atoms with Gasteiger partial charge in [-0.3, -0.25) is 14.4 Å². The van der Waals surface area contributed by atoms with E-state index in [0.29, 0.717) is 32.2 Å². The van der Waals surface area contributed by atoms with Crippen molar-refractivity contribution < 1.29 is 24.2 Å². The Morgan fingerprint density at radius 3 is 2.39 bits per heavy atom. The Hall–Kier alpha value is -1.67. The van der Waals surface area contributed by atoms with Gasteiger partial charge in [0.1, 0.15) is 11.6 Å². The summed E-state index contributed by atoms with van der Waals surface area (Å²) in [4.78, 5) is 42.7. The minimum absolute atomic E-state index is 0.167. The number of hydrogen-bond acceptors (Lipinski definition) is 5. The Kier molecular flexibility index (Phi) is 7.21. The number of carbonyl (C=O) groups excluding carboxylic acids is 3. The Bertz CT molecular complexity index is 778. The average Bonchev–Trinajstić information content (AvgIpc) is 3.32. The zero-order valence-corrected chi connectivity index (χ0v) is 21.4. The molecular formula is C25H43N3O5. The molecule has 3 saturated heterocycles. The summed E-state index contributed by atoms with van der Waals surface area (Å²) < 4.78 is 6.72. The Morgan fingerprint density at radius 2 is 1.88 bits per heavy atom. The molecule has 3 rings (SSSR count). The van der Waals surface area contributed by atoms with Crippen molar-refractivity contribution in [3.63, 3.8) is 0 Å². The number of nitrogens with one attached hydrogen (secondary N) is 2. The van der Waals surface area contributed by atoms with E-state index < -0.39 is 40.7 Å². The highest BCUT2D eigenvalue weighted by Gasteiger charge is 2.79. The van der Waals surface area contributed by atoms with Crippen molar-refractivity contribution in [2.75, 3.05) is 13.2 Å². The van der Waals surface area contributed by atoms with Crippen molar-refractivity contribution in [2.24, 2.45) is 17.8 Å². The standard InChI is InChI=1S/C25H43N3O5/c1-8-12-26-20(30)17-18-22(32)28(16(14-29)13-15(3)4)19(21(31)27-23(5,6)7)25(18)11-10-24(17,9-2)33-25/h15-19,29H,8-14H2,1-7H3,(H,26,30)(H,27,31)/t16-,17+,18+,19?,24-,25?/m1/s1. The maximum absolute atomic E-state index is 14.1. The lowest BCUT2D eigenvalue weighted by atomic mass is 9.65. The van der Waals surface area contributed by atoms with E-state index in [0.717, 1.165) is 6.42 Å². The number of aliphatic hydroxyl groups excluding tert-OH is 1. The molecule has 3 aliphatic rings. The summed E-state index contributed by atoms with van der Waals surface area (Å²) in [6, 6.07) is -1.38. The Balaban J connectivity index is 2.11. The van der Waals surface area contributed by atoms with Crippen LogP contribution in [-0.4, -0.2) is 69.7 Å². The van der Waals surface area contributed by atoms with Gasteiger partial charge in [0.15, 0.2) is 0 Å². The number of nitrogens with zero attached hydrogens (tertiary/aromatic N) is 1. The molecule has 188 valence electrons. The van der Waals surface area contributed by atoms with E-state index in [1.165, 1.54) is 0 Å². The predicted octanol–water partition coefficient (Wildman–Crippen LogP) is 1.99. The summed E-state index contributed by atoms with van der Waals surface area (Å²) in [5, 5.41) is 16.3. The third-order valence-electron chi connectivity index (χ3n) is 7.54. The molecule has 8 heteroatoms. The number of fused-ring (bicyclic) bond motifs is 1. The minimum Gasteiger partial charge on any atom is -0.394 e. The monoisotopic (exact) mass is 465 g/mol. The van der Waals surface area contributed by atoms with Crippen LogP contribution in [0.25, 0.3) is 0 Å². The lowest BCUT2D eigenvalue weighted by Gasteiger charge is -2.39. The summed E-state index contributed by atoms with van der Waals surface area (Å²) in [6.07, 6.45) is 3.15. The highest BCUT2D eigenvalue weighted by atomic mass is 16.5. The second-order valence-corrected chi connectivity index (χ2v) is 11.6. The van der Waals surface area contributed by atoms with Crippen LogP contribution in [0.5, 0.6) is 0 Å². The molecule has 0 saturated carbocycles. The third-order valence-corrected chi connectivity index (χ3v) is 7.54. The molecule has 6 atom stereocenters. The number of rotatable bonds is 9. The lowest BCUT2D eigenvalue weighted by Crippen LogP contribution is -2.60. The third kappa shape index (κ3) is 4.29. The van der Waals surface area contributed by atoms with Gasteiger partial charge in [0, 0.05) is 12.1 Å². The van der Waals surface area contributed by atoms with Gasteiger partial charge in [-0.15, -0.1) is 0 Å². The van der Waals surface area contributed by atoms with Crippen molar-refractivity contribution in [2.45, 2.75) is 109 Å². The molecule has 3 fully saturated rings. The van der Waals surface area contributed by atoms with Crippen LogP contribution in [0.2, 0.25) is 0 Å². The maximum Gasteiger partial charge on any atom is 0.246 e. The number of ether oxygens (including phenoxy) is 1. The van der Waals surface area contributed by atoms with E-state index >= 15 is 0 Å². The van der Waals surface area contributed by atoms with Gasteiger partial charge < -0.3 is 25.4 Å². The second kappa shape index (κ2) is 9.17. The van der Waals surface area contributed by atoms with E-state index in [4.69, 9.17) is 4.74 Å². The van der Waals surface area contributed by atoms with Crippen LogP contribution < -0.4 is 10.6 Å². The van der Waals surface area contributed by atoms with Crippen molar-refractivity contribution in [1.29, 1.82) is 0 Å². The van der Waals surface area contributed by atoms with Crippen molar-refractivity contribution in [1.82, 2.24) is 15.5 Å². The molecule has 2 unspecified atom stereocenters. The fourth-order valence-corrected chi connectivity index (χ4v) is 6.36. The molecule has 0 radical (unpaired) electrons. The first-order valence-electron chi connectivity index (χ1n) is 12.6. The van der Waals surface area contributed by atoms with Crippen LogP contribution >= 0.6 is 0 Å². The average molecular weight is 466 g/mol. The molecule has 1 spiro atoms. The molecule has 0 aromatic carbocycles. The lowest BCUT2D eigenvalue weighted by molar-refractivity contribution is -0.152. The van der Waals surface area contributed by atoms with Crippen LogP contribution in [0.15, 0.2) is 0 Å². The molecule has 3 amide bonds.